The lowest BCUT2D eigenvalue weighted by Crippen LogP contribution is -2.06. The molecule has 0 bridgehead atoms. The Kier molecular flexibility index (Phi) is 3.18. The zero-order chi connectivity index (χ0) is 14.3. The number of benzene rings is 2. The lowest BCUT2D eigenvalue weighted by molar-refractivity contribution is 0.618. The second-order valence-electron chi connectivity index (χ2n) is 5.05. The third-order valence-electron chi connectivity index (χ3n) is 3.61. The Hall–Kier alpha value is -1.94. The molecule has 0 radical (unpaired) electrons. The van der Waals surface area contributed by atoms with Crippen molar-refractivity contribution in [2.45, 2.75) is 19.9 Å². The Morgan fingerprint density at radius 1 is 1.15 bits per heavy atom. The molecule has 2 nitrogen and oxygen atoms in total. The number of halogens is 1. The van der Waals surface area contributed by atoms with Gasteiger partial charge in [0.25, 0.3) is 0 Å². The average molecular weight is 286 g/mol. The third-order valence-corrected chi connectivity index (χ3v) is 3.91. The molecule has 0 aliphatic heterocycles. The molecule has 0 fully saturated rings. The summed E-state index contributed by atoms with van der Waals surface area (Å²) < 4.78 is 15.8. The standard InChI is InChI=1S/C16H15FN2S/c1-10-3-8-14-15(9-10)19(16(20)18-14)11(2)12-4-6-13(17)7-5-12/h3-9,11H,1-2H3,(H,18,20). The van der Waals surface area contributed by atoms with Crippen LogP contribution in [0.5, 0.6) is 0 Å². The van der Waals surface area contributed by atoms with Crippen LogP contribution < -0.4 is 0 Å². The fourth-order valence-corrected chi connectivity index (χ4v) is 2.87. The molecule has 0 aliphatic rings. The quantitative estimate of drug-likeness (QED) is 0.674. The molecule has 0 aliphatic carbocycles. The van der Waals surface area contributed by atoms with Crippen molar-refractivity contribution in [1.29, 1.82) is 0 Å². The van der Waals surface area contributed by atoms with E-state index in [1.54, 1.807) is 12.1 Å². The maximum atomic E-state index is 13.0. The van der Waals surface area contributed by atoms with Crippen molar-refractivity contribution in [1.82, 2.24) is 9.55 Å². The second kappa shape index (κ2) is 4.87. The van der Waals surface area contributed by atoms with E-state index < -0.39 is 0 Å². The van der Waals surface area contributed by atoms with Crippen LogP contribution in [0.1, 0.15) is 24.1 Å². The minimum Gasteiger partial charge on any atom is -0.331 e. The Balaban J connectivity index is 2.18. The van der Waals surface area contributed by atoms with E-state index in [1.165, 1.54) is 17.7 Å². The van der Waals surface area contributed by atoms with Gasteiger partial charge in [0.2, 0.25) is 0 Å². The Morgan fingerprint density at radius 2 is 1.85 bits per heavy atom. The smallest absolute Gasteiger partial charge is 0.178 e. The van der Waals surface area contributed by atoms with Crippen LogP contribution in [0.25, 0.3) is 11.0 Å². The van der Waals surface area contributed by atoms with Gasteiger partial charge in [0.05, 0.1) is 17.1 Å². The minimum atomic E-state index is -0.223. The molecule has 1 aromatic heterocycles. The van der Waals surface area contributed by atoms with Crippen LogP contribution in [-0.2, 0) is 0 Å². The van der Waals surface area contributed by atoms with E-state index in [0.717, 1.165) is 16.6 Å². The van der Waals surface area contributed by atoms with Gasteiger partial charge in [-0.2, -0.15) is 0 Å². The number of hydrogen-bond donors (Lipinski definition) is 1. The SMILES string of the molecule is Cc1ccc2[nH]c(=S)n(C(C)c3ccc(F)cc3)c2c1. The zero-order valence-corrected chi connectivity index (χ0v) is 12.2. The molecular formula is C16H15FN2S. The molecule has 4 heteroatoms. The number of aryl methyl sites for hydroxylation is 1. The van der Waals surface area contributed by atoms with Crippen LogP contribution in [0.3, 0.4) is 0 Å². The topological polar surface area (TPSA) is 20.7 Å². The highest BCUT2D eigenvalue weighted by Crippen LogP contribution is 2.25. The fraction of sp³-hybridized carbons (Fsp3) is 0.188. The number of rotatable bonds is 2. The maximum absolute atomic E-state index is 13.0. The van der Waals surface area contributed by atoms with Crippen LogP contribution >= 0.6 is 12.2 Å². The molecule has 0 saturated carbocycles. The first-order valence-corrected chi connectivity index (χ1v) is 6.93. The maximum Gasteiger partial charge on any atom is 0.178 e. The third kappa shape index (κ3) is 2.16. The van der Waals surface area contributed by atoms with Crippen molar-refractivity contribution >= 4 is 23.3 Å². The molecule has 0 amide bonds. The Labute approximate surface area is 121 Å². The van der Waals surface area contributed by atoms with Crippen molar-refractivity contribution < 1.29 is 4.39 Å². The molecule has 3 aromatic rings. The van der Waals surface area contributed by atoms with Crippen LogP contribution in [0.4, 0.5) is 4.39 Å². The van der Waals surface area contributed by atoms with Crippen LogP contribution in [0.15, 0.2) is 42.5 Å². The summed E-state index contributed by atoms with van der Waals surface area (Å²) >= 11 is 5.43. The monoisotopic (exact) mass is 286 g/mol. The molecule has 1 heterocycles. The summed E-state index contributed by atoms with van der Waals surface area (Å²) in [4.78, 5) is 3.22. The lowest BCUT2D eigenvalue weighted by Gasteiger charge is -2.15. The van der Waals surface area contributed by atoms with E-state index in [1.807, 2.05) is 6.07 Å². The number of aromatic nitrogens is 2. The summed E-state index contributed by atoms with van der Waals surface area (Å²) in [5.74, 6) is -0.223. The van der Waals surface area contributed by atoms with Gasteiger partial charge in [0.15, 0.2) is 4.77 Å². The number of hydrogen-bond acceptors (Lipinski definition) is 1. The van der Waals surface area contributed by atoms with Crippen molar-refractivity contribution in [2.75, 3.05) is 0 Å². The summed E-state index contributed by atoms with van der Waals surface area (Å²) in [7, 11) is 0. The van der Waals surface area contributed by atoms with Crippen LogP contribution in [0, 0.1) is 17.5 Å². The minimum absolute atomic E-state index is 0.0543. The van der Waals surface area contributed by atoms with E-state index in [-0.39, 0.29) is 11.9 Å². The normalized spacial score (nSPS) is 12.8. The van der Waals surface area contributed by atoms with E-state index in [9.17, 15) is 4.39 Å². The van der Waals surface area contributed by atoms with Gasteiger partial charge < -0.3 is 9.55 Å². The van der Waals surface area contributed by atoms with E-state index in [2.05, 4.69) is 35.5 Å². The second-order valence-corrected chi connectivity index (χ2v) is 5.43. The molecule has 0 saturated heterocycles. The molecular weight excluding hydrogens is 271 g/mol. The summed E-state index contributed by atoms with van der Waals surface area (Å²) in [5.41, 5.74) is 4.32. The summed E-state index contributed by atoms with van der Waals surface area (Å²) in [6.45, 7) is 4.13. The average Bonchev–Trinajstić information content (AvgIpc) is 2.74. The van der Waals surface area contributed by atoms with Gasteiger partial charge >= 0.3 is 0 Å². The number of fused-ring (bicyclic) bond motifs is 1. The molecule has 3 rings (SSSR count). The van der Waals surface area contributed by atoms with Gasteiger partial charge in [0.1, 0.15) is 5.82 Å². The first-order valence-electron chi connectivity index (χ1n) is 6.52. The van der Waals surface area contributed by atoms with Crippen LogP contribution in [-0.4, -0.2) is 9.55 Å². The number of nitrogens with one attached hydrogen (secondary N) is 1. The van der Waals surface area contributed by atoms with E-state index in [4.69, 9.17) is 12.2 Å². The largest absolute Gasteiger partial charge is 0.331 e. The van der Waals surface area contributed by atoms with Crippen molar-refractivity contribution in [3.63, 3.8) is 0 Å². The van der Waals surface area contributed by atoms with Crippen molar-refractivity contribution in [3.8, 4) is 0 Å². The van der Waals surface area contributed by atoms with Crippen molar-refractivity contribution in [3.05, 3.63) is 64.2 Å². The predicted octanol–water partition coefficient (Wildman–Crippen LogP) is 4.76. The molecule has 0 spiro atoms. The number of nitrogens with zero attached hydrogens (tertiary/aromatic N) is 1. The summed E-state index contributed by atoms with van der Waals surface area (Å²) in [6, 6.07) is 12.8. The lowest BCUT2D eigenvalue weighted by atomic mass is 10.1. The van der Waals surface area contributed by atoms with Gasteiger partial charge in [0, 0.05) is 0 Å². The summed E-state index contributed by atoms with van der Waals surface area (Å²) in [5, 5.41) is 0. The van der Waals surface area contributed by atoms with E-state index >= 15 is 0 Å². The molecule has 1 unspecified atom stereocenters. The highest BCUT2D eigenvalue weighted by Gasteiger charge is 2.13. The molecule has 2 aromatic carbocycles. The Bertz CT molecular complexity index is 815. The molecule has 20 heavy (non-hydrogen) atoms. The number of H-pyrrole nitrogens is 1. The van der Waals surface area contributed by atoms with Gasteiger partial charge in [-0.25, -0.2) is 4.39 Å². The number of imidazole rings is 1. The van der Waals surface area contributed by atoms with Gasteiger partial charge in [-0.15, -0.1) is 0 Å². The predicted molar refractivity (Wildman–Crippen MR) is 82.1 cm³/mol. The first kappa shape index (κ1) is 13.1. The zero-order valence-electron chi connectivity index (χ0n) is 11.4. The van der Waals surface area contributed by atoms with Crippen molar-refractivity contribution in [2.24, 2.45) is 0 Å². The molecule has 1 atom stereocenters. The van der Waals surface area contributed by atoms with Gasteiger partial charge in [-0.3, -0.25) is 0 Å². The Morgan fingerprint density at radius 3 is 2.55 bits per heavy atom. The highest BCUT2D eigenvalue weighted by molar-refractivity contribution is 7.71. The van der Waals surface area contributed by atoms with E-state index in [0.29, 0.717) is 4.77 Å². The van der Waals surface area contributed by atoms with Gasteiger partial charge in [-0.1, -0.05) is 18.2 Å². The number of aromatic amines is 1. The fourth-order valence-electron chi connectivity index (χ4n) is 2.51. The highest BCUT2D eigenvalue weighted by atomic mass is 32.1. The van der Waals surface area contributed by atoms with Gasteiger partial charge in [-0.05, 0) is 61.5 Å². The van der Waals surface area contributed by atoms with Crippen LogP contribution in [0.2, 0.25) is 0 Å². The molecule has 1 N–H and O–H groups in total. The first-order chi connectivity index (χ1) is 9.56. The summed E-state index contributed by atoms with van der Waals surface area (Å²) in [6.07, 6.45) is 0. The molecule has 102 valence electrons.